The van der Waals surface area contributed by atoms with E-state index in [1.807, 2.05) is 14.0 Å². The summed E-state index contributed by atoms with van der Waals surface area (Å²) in [6, 6.07) is -0.350. The fourth-order valence-electron chi connectivity index (χ4n) is 1.89. The summed E-state index contributed by atoms with van der Waals surface area (Å²) in [7, 11) is 1.87. The molecule has 0 saturated carbocycles. The molecule has 0 saturated heterocycles. The third kappa shape index (κ3) is 3.65. The second-order valence-corrected chi connectivity index (χ2v) is 5.37. The maximum Gasteiger partial charge on any atom is 0.155 e. The molecule has 1 heterocycles. The van der Waals surface area contributed by atoms with Gasteiger partial charge in [0.05, 0.1) is 28.3 Å². The highest BCUT2D eigenvalue weighted by Gasteiger charge is 2.19. The zero-order valence-corrected chi connectivity index (χ0v) is 13.0. The number of nitrogens with two attached hydrogens (primary N) is 1. The molecule has 0 aliphatic rings. The van der Waals surface area contributed by atoms with Crippen molar-refractivity contribution in [2.24, 2.45) is 12.8 Å². The van der Waals surface area contributed by atoms with Crippen LogP contribution in [0.15, 0.2) is 4.47 Å². The standard InChI is InChI=1S/C13H22BrN3O/c1-4-6-7-9(15)12(18)8-11-13(14)10(5-2)16-17(11)3/h9H,4-8,15H2,1-3H3. The van der Waals surface area contributed by atoms with Gasteiger partial charge in [-0.05, 0) is 28.8 Å². The minimum absolute atomic E-state index is 0.0924. The van der Waals surface area contributed by atoms with Crippen molar-refractivity contribution in [2.75, 3.05) is 0 Å². The molecular formula is C13H22BrN3O. The molecule has 1 aromatic heterocycles. The molecule has 102 valence electrons. The molecule has 2 N–H and O–H groups in total. The highest BCUT2D eigenvalue weighted by atomic mass is 79.9. The van der Waals surface area contributed by atoms with Gasteiger partial charge < -0.3 is 5.73 Å². The first kappa shape index (κ1) is 15.4. The Morgan fingerprint density at radius 3 is 2.67 bits per heavy atom. The Balaban J connectivity index is 2.72. The zero-order valence-electron chi connectivity index (χ0n) is 11.4. The molecule has 1 aromatic rings. The largest absolute Gasteiger partial charge is 0.321 e. The average Bonchev–Trinajstić information content (AvgIpc) is 2.63. The van der Waals surface area contributed by atoms with Gasteiger partial charge in [0.15, 0.2) is 5.78 Å². The number of aryl methyl sites for hydroxylation is 2. The predicted octanol–water partition coefficient (Wildman–Crippen LogP) is 2.37. The highest BCUT2D eigenvalue weighted by molar-refractivity contribution is 9.10. The third-order valence-corrected chi connectivity index (χ3v) is 4.04. The molecule has 1 unspecified atom stereocenters. The molecule has 18 heavy (non-hydrogen) atoms. The van der Waals surface area contributed by atoms with Gasteiger partial charge in [-0.1, -0.05) is 26.7 Å². The quantitative estimate of drug-likeness (QED) is 0.840. The molecule has 0 fully saturated rings. The van der Waals surface area contributed by atoms with Gasteiger partial charge in [0.2, 0.25) is 0 Å². The number of carbonyl (C=O) groups excluding carboxylic acids is 1. The van der Waals surface area contributed by atoms with Crippen molar-refractivity contribution in [3.8, 4) is 0 Å². The van der Waals surface area contributed by atoms with Crippen LogP contribution in [0.5, 0.6) is 0 Å². The van der Waals surface area contributed by atoms with E-state index in [4.69, 9.17) is 5.73 Å². The summed E-state index contributed by atoms with van der Waals surface area (Å²) >= 11 is 3.52. The van der Waals surface area contributed by atoms with Gasteiger partial charge in [0.25, 0.3) is 0 Å². The molecule has 0 radical (unpaired) electrons. The summed E-state index contributed by atoms with van der Waals surface area (Å²) in [5, 5.41) is 4.38. The molecule has 0 aliphatic heterocycles. The molecule has 0 spiro atoms. The van der Waals surface area contributed by atoms with Crippen LogP contribution >= 0.6 is 15.9 Å². The third-order valence-electron chi connectivity index (χ3n) is 3.13. The van der Waals surface area contributed by atoms with Gasteiger partial charge in [0, 0.05) is 7.05 Å². The number of hydrogen-bond acceptors (Lipinski definition) is 3. The smallest absolute Gasteiger partial charge is 0.155 e. The van der Waals surface area contributed by atoms with E-state index in [1.165, 1.54) is 0 Å². The van der Waals surface area contributed by atoms with E-state index in [9.17, 15) is 4.79 Å². The molecule has 4 nitrogen and oxygen atoms in total. The molecule has 1 atom stereocenters. The van der Waals surface area contributed by atoms with Crippen molar-refractivity contribution < 1.29 is 4.79 Å². The van der Waals surface area contributed by atoms with Gasteiger partial charge in [-0.25, -0.2) is 0 Å². The summed E-state index contributed by atoms with van der Waals surface area (Å²) in [6.45, 7) is 4.15. The number of carbonyl (C=O) groups is 1. The van der Waals surface area contributed by atoms with Crippen LogP contribution in [0.3, 0.4) is 0 Å². The van der Waals surface area contributed by atoms with Crippen LogP contribution in [0.1, 0.15) is 44.5 Å². The molecule has 0 aliphatic carbocycles. The van der Waals surface area contributed by atoms with E-state index in [2.05, 4.69) is 28.0 Å². The maximum absolute atomic E-state index is 12.0. The number of hydrogen-bond donors (Lipinski definition) is 1. The number of Topliss-reactive ketones (excluding diaryl/α,β-unsaturated/α-hetero) is 1. The zero-order chi connectivity index (χ0) is 13.7. The lowest BCUT2D eigenvalue weighted by Crippen LogP contribution is -2.32. The van der Waals surface area contributed by atoms with Gasteiger partial charge in [0.1, 0.15) is 0 Å². The van der Waals surface area contributed by atoms with E-state index >= 15 is 0 Å². The van der Waals surface area contributed by atoms with Gasteiger partial charge in [-0.15, -0.1) is 0 Å². The minimum Gasteiger partial charge on any atom is -0.321 e. The van der Waals surface area contributed by atoms with E-state index in [0.29, 0.717) is 6.42 Å². The summed E-state index contributed by atoms with van der Waals surface area (Å²) in [5.41, 5.74) is 7.80. The lowest BCUT2D eigenvalue weighted by molar-refractivity contribution is -0.119. The maximum atomic E-state index is 12.0. The number of rotatable bonds is 7. The summed E-state index contributed by atoms with van der Waals surface area (Å²) < 4.78 is 2.72. The first-order valence-electron chi connectivity index (χ1n) is 6.49. The molecule has 0 amide bonds. The van der Waals surface area contributed by atoms with Gasteiger partial charge in [-0.3, -0.25) is 9.48 Å². The van der Waals surface area contributed by atoms with Crippen LogP contribution in [0.4, 0.5) is 0 Å². The van der Waals surface area contributed by atoms with Crippen LogP contribution in [-0.4, -0.2) is 21.6 Å². The Labute approximate surface area is 117 Å². The molecular weight excluding hydrogens is 294 g/mol. The topological polar surface area (TPSA) is 60.9 Å². The van der Waals surface area contributed by atoms with E-state index in [0.717, 1.165) is 41.5 Å². The van der Waals surface area contributed by atoms with Gasteiger partial charge >= 0.3 is 0 Å². The number of halogens is 1. The molecule has 0 aromatic carbocycles. The van der Waals surface area contributed by atoms with Crippen LogP contribution in [0.2, 0.25) is 0 Å². The Morgan fingerprint density at radius 2 is 2.17 bits per heavy atom. The van der Waals surface area contributed by atoms with Crippen molar-refractivity contribution in [1.29, 1.82) is 0 Å². The Kier molecular flexibility index (Phi) is 6.02. The Morgan fingerprint density at radius 1 is 1.50 bits per heavy atom. The monoisotopic (exact) mass is 315 g/mol. The fraction of sp³-hybridized carbons (Fsp3) is 0.692. The second-order valence-electron chi connectivity index (χ2n) is 4.58. The Hall–Kier alpha value is -0.680. The lowest BCUT2D eigenvalue weighted by Gasteiger charge is -2.10. The van der Waals surface area contributed by atoms with Crippen molar-refractivity contribution in [3.05, 3.63) is 15.9 Å². The summed E-state index contributed by atoms with van der Waals surface area (Å²) in [4.78, 5) is 12.0. The molecule has 0 bridgehead atoms. The van der Waals surface area contributed by atoms with E-state index in [1.54, 1.807) is 4.68 Å². The summed E-state index contributed by atoms with van der Waals surface area (Å²) in [6.07, 6.45) is 4.04. The van der Waals surface area contributed by atoms with Crippen LogP contribution < -0.4 is 5.73 Å². The first-order valence-corrected chi connectivity index (χ1v) is 7.29. The van der Waals surface area contributed by atoms with Crippen LogP contribution in [0.25, 0.3) is 0 Å². The normalized spacial score (nSPS) is 12.7. The Bertz CT molecular complexity index is 415. The van der Waals surface area contributed by atoms with Crippen LogP contribution in [0, 0.1) is 0 Å². The predicted molar refractivity (Wildman–Crippen MR) is 76.5 cm³/mol. The SMILES string of the molecule is CCCCC(N)C(=O)Cc1c(Br)c(CC)nn1C. The van der Waals surface area contributed by atoms with E-state index < -0.39 is 0 Å². The van der Waals surface area contributed by atoms with Crippen molar-refractivity contribution in [1.82, 2.24) is 9.78 Å². The molecule has 1 rings (SSSR count). The number of ketones is 1. The summed E-state index contributed by atoms with van der Waals surface area (Å²) in [5.74, 6) is 0.0924. The minimum atomic E-state index is -0.350. The van der Waals surface area contributed by atoms with Crippen molar-refractivity contribution in [2.45, 2.75) is 52.0 Å². The highest BCUT2D eigenvalue weighted by Crippen LogP contribution is 2.22. The fourth-order valence-corrected chi connectivity index (χ4v) is 2.65. The van der Waals surface area contributed by atoms with Crippen molar-refractivity contribution in [3.63, 3.8) is 0 Å². The van der Waals surface area contributed by atoms with Crippen LogP contribution in [-0.2, 0) is 24.7 Å². The average molecular weight is 316 g/mol. The first-order chi connectivity index (χ1) is 8.51. The number of aromatic nitrogens is 2. The number of unbranched alkanes of at least 4 members (excludes halogenated alkanes) is 1. The lowest BCUT2D eigenvalue weighted by atomic mass is 10.0. The van der Waals surface area contributed by atoms with Crippen molar-refractivity contribution >= 4 is 21.7 Å². The van der Waals surface area contributed by atoms with E-state index in [-0.39, 0.29) is 11.8 Å². The second kappa shape index (κ2) is 7.04. The van der Waals surface area contributed by atoms with Gasteiger partial charge in [-0.2, -0.15) is 5.10 Å². The number of nitrogens with zero attached hydrogens (tertiary/aromatic N) is 2. The molecule has 5 heteroatoms.